The van der Waals surface area contributed by atoms with Gasteiger partial charge in [0.1, 0.15) is 13.2 Å². The molecule has 174 valence electrons. The summed E-state index contributed by atoms with van der Waals surface area (Å²) < 4.78 is 23.9. The van der Waals surface area contributed by atoms with E-state index in [0.717, 1.165) is 19.3 Å². The summed E-state index contributed by atoms with van der Waals surface area (Å²) >= 11 is 2.43. The lowest BCUT2D eigenvalue weighted by atomic mass is 10.0. The molecule has 0 aromatic heterocycles. The molecular weight excluding hydrogens is 512 g/mol. The zero-order valence-corrected chi connectivity index (χ0v) is 22.2. The Hall–Kier alpha value is 0.0200. The van der Waals surface area contributed by atoms with Crippen molar-refractivity contribution in [3.05, 3.63) is 33.4 Å². The Bertz CT molecular complexity index is 621. The molecule has 0 radical (unpaired) electrons. The zero-order valence-electron chi connectivity index (χ0n) is 19.2. The number of benzene rings is 1. The molecule has 7 heteroatoms. The van der Waals surface area contributed by atoms with Crippen LogP contribution in [0.4, 0.5) is 0 Å². The lowest BCUT2D eigenvalue weighted by Crippen LogP contribution is -2.37. The van der Waals surface area contributed by atoms with Crippen LogP contribution in [-0.4, -0.2) is 50.3 Å². The maximum absolute atomic E-state index is 11.8. The summed E-state index contributed by atoms with van der Waals surface area (Å²) in [6.45, 7) is 1.18. The molecule has 0 bridgehead atoms. The van der Waals surface area contributed by atoms with Gasteiger partial charge in [0.05, 0.1) is 27.7 Å². The van der Waals surface area contributed by atoms with E-state index in [1.807, 2.05) is 21.1 Å². The first-order valence-corrected chi connectivity index (χ1v) is 13.9. The van der Waals surface area contributed by atoms with Crippen LogP contribution in [0.3, 0.4) is 0 Å². The molecule has 0 amide bonds. The Morgan fingerprint density at radius 3 is 1.90 bits per heavy atom. The molecule has 1 N–H and O–H groups in total. The molecule has 5 nitrogen and oxygen atoms in total. The van der Waals surface area contributed by atoms with Crippen LogP contribution in [0.5, 0.6) is 0 Å². The van der Waals surface area contributed by atoms with Crippen LogP contribution in [-0.2, 0) is 20.0 Å². The van der Waals surface area contributed by atoms with Crippen molar-refractivity contribution in [2.45, 2.75) is 70.6 Å². The lowest BCUT2D eigenvalue weighted by molar-refractivity contribution is -0.870. The van der Waals surface area contributed by atoms with Crippen LogP contribution < -0.4 is 0 Å². The molecule has 0 aliphatic carbocycles. The Labute approximate surface area is 197 Å². The Morgan fingerprint density at radius 2 is 1.33 bits per heavy atom. The molecule has 0 aliphatic rings. The van der Waals surface area contributed by atoms with Crippen molar-refractivity contribution in [2.24, 2.45) is 0 Å². The predicted octanol–water partition coefficient (Wildman–Crippen LogP) is 6.57. The summed E-state index contributed by atoms with van der Waals surface area (Å²) in [4.78, 5) is 9.65. The third kappa shape index (κ3) is 15.8. The molecule has 1 aromatic rings. The van der Waals surface area contributed by atoms with Crippen molar-refractivity contribution in [3.8, 4) is 0 Å². The fourth-order valence-corrected chi connectivity index (χ4v) is 4.58. The van der Waals surface area contributed by atoms with Crippen LogP contribution in [0.2, 0.25) is 0 Å². The average Bonchev–Trinajstić information content (AvgIpc) is 2.65. The summed E-state index contributed by atoms with van der Waals surface area (Å²) in [6, 6.07) is 8.66. The van der Waals surface area contributed by atoms with E-state index in [9.17, 15) is 9.46 Å². The van der Waals surface area contributed by atoms with Crippen molar-refractivity contribution in [3.63, 3.8) is 0 Å². The molecule has 1 aromatic carbocycles. The number of unbranched alkanes of at least 4 members (excludes halogenated alkanes) is 9. The largest absolute Gasteiger partial charge is 0.472 e. The van der Waals surface area contributed by atoms with Crippen molar-refractivity contribution < 1.29 is 23.0 Å². The van der Waals surface area contributed by atoms with Crippen LogP contribution >= 0.6 is 30.4 Å². The number of halogens is 1. The maximum Gasteiger partial charge on any atom is 0.472 e. The molecule has 0 fully saturated rings. The van der Waals surface area contributed by atoms with Gasteiger partial charge in [-0.1, -0.05) is 69.6 Å². The number of nitrogens with zero attached hydrogens (tertiary/aromatic N) is 1. The Balaban J connectivity index is 1.87. The minimum atomic E-state index is -3.89. The minimum Gasteiger partial charge on any atom is -0.329 e. The second kappa shape index (κ2) is 15.8. The van der Waals surface area contributed by atoms with E-state index in [4.69, 9.17) is 9.05 Å². The van der Waals surface area contributed by atoms with Crippen LogP contribution in [0.15, 0.2) is 24.3 Å². The SMILES string of the molecule is C[N+](C)(C)CCOP(=O)(O)OCCCCCCCCCCCCc1ccccc1I. The Morgan fingerprint density at radius 1 is 0.833 bits per heavy atom. The molecule has 30 heavy (non-hydrogen) atoms. The van der Waals surface area contributed by atoms with Crippen LogP contribution in [0.25, 0.3) is 0 Å². The molecule has 1 unspecified atom stereocenters. The van der Waals surface area contributed by atoms with Gasteiger partial charge in [-0.3, -0.25) is 9.05 Å². The standard InChI is InChI=1S/C23H41INO4P/c1-25(2,3)19-21-29-30(26,27)28-20-15-11-9-7-5-4-6-8-10-12-16-22-17-13-14-18-23(22)24/h13-14,17-18H,4-12,15-16,19-21H2,1-3H3/p+1. The third-order valence-electron chi connectivity index (χ3n) is 5.07. The van der Waals surface area contributed by atoms with E-state index < -0.39 is 7.82 Å². The normalized spacial score (nSPS) is 14.0. The van der Waals surface area contributed by atoms with Crippen LogP contribution in [0.1, 0.15) is 69.8 Å². The summed E-state index contributed by atoms with van der Waals surface area (Å²) in [7, 11) is 2.15. The smallest absolute Gasteiger partial charge is 0.329 e. The van der Waals surface area contributed by atoms with Crippen molar-refractivity contribution in [2.75, 3.05) is 40.9 Å². The molecule has 1 atom stereocenters. The number of hydrogen-bond acceptors (Lipinski definition) is 3. The molecule has 0 spiro atoms. The number of phosphoric ester groups is 1. The van der Waals surface area contributed by atoms with Crippen molar-refractivity contribution >= 4 is 30.4 Å². The van der Waals surface area contributed by atoms with E-state index >= 15 is 0 Å². The maximum atomic E-state index is 11.8. The summed E-state index contributed by atoms with van der Waals surface area (Å²) in [5, 5.41) is 0. The first-order valence-electron chi connectivity index (χ1n) is 11.4. The lowest BCUT2D eigenvalue weighted by Gasteiger charge is -2.24. The van der Waals surface area contributed by atoms with Gasteiger partial charge in [-0.2, -0.15) is 0 Å². The van der Waals surface area contributed by atoms with Crippen molar-refractivity contribution in [1.82, 2.24) is 0 Å². The molecular formula is C23H42INO4P+. The van der Waals surface area contributed by atoms with Gasteiger partial charge in [0, 0.05) is 3.57 Å². The van der Waals surface area contributed by atoms with Gasteiger partial charge < -0.3 is 9.38 Å². The van der Waals surface area contributed by atoms with Gasteiger partial charge in [0.25, 0.3) is 0 Å². The van der Waals surface area contributed by atoms with Crippen LogP contribution in [0, 0.1) is 3.57 Å². The quantitative estimate of drug-likeness (QED) is 0.0965. The fourth-order valence-electron chi connectivity index (χ4n) is 3.18. The second-order valence-corrected chi connectivity index (χ2v) is 11.6. The summed E-state index contributed by atoms with van der Waals surface area (Å²) in [6.07, 6.45) is 13.3. The van der Waals surface area contributed by atoms with Crippen molar-refractivity contribution in [1.29, 1.82) is 0 Å². The van der Waals surface area contributed by atoms with E-state index in [1.54, 1.807) is 0 Å². The monoisotopic (exact) mass is 554 g/mol. The van der Waals surface area contributed by atoms with Gasteiger partial charge in [0.2, 0.25) is 0 Å². The van der Waals surface area contributed by atoms with E-state index in [-0.39, 0.29) is 6.61 Å². The third-order valence-corrected chi connectivity index (χ3v) is 7.14. The second-order valence-electron chi connectivity index (χ2n) is 9.03. The molecule has 0 heterocycles. The highest BCUT2D eigenvalue weighted by atomic mass is 127. The molecule has 1 rings (SSSR count). The van der Waals surface area contributed by atoms with Gasteiger partial charge in [-0.05, 0) is 53.5 Å². The first-order chi connectivity index (χ1) is 14.2. The highest BCUT2D eigenvalue weighted by Crippen LogP contribution is 2.43. The first kappa shape index (κ1) is 28.1. The topological polar surface area (TPSA) is 55.8 Å². The molecule has 0 saturated heterocycles. The van der Waals surface area contributed by atoms with E-state index in [0.29, 0.717) is 17.6 Å². The van der Waals surface area contributed by atoms with Gasteiger partial charge in [-0.15, -0.1) is 0 Å². The summed E-state index contributed by atoms with van der Waals surface area (Å²) in [5.41, 5.74) is 1.48. The van der Waals surface area contributed by atoms with E-state index in [1.165, 1.54) is 60.5 Å². The summed E-state index contributed by atoms with van der Waals surface area (Å²) in [5.74, 6) is 0. The Kier molecular flexibility index (Phi) is 14.7. The number of aryl methyl sites for hydroxylation is 1. The number of likely N-dealkylation sites (N-methyl/N-ethyl adjacent to an activating group) is 1. The van der Waals surface area contributed by atoms with Gasteiger partial charge >= 0.3 is 7.82 Å². The number of quaternary nitrogens is 1. The number of hydrogen-bond donors (Lipinski definition) is 1. The predicted molar refractivity (Wildman–Crippen MR) is 134 cm³/mol. The number of phosphoric acid groups is 1. The molecule has 0 aliphatic heterocycles. The highest BCUT2D eigenvalue weighted by Gasteiger charge is 2.21. The molecule has 0 saturated carbocycles. The number of rotatable bonds is 18. The fraction of sp³-hybridized carbons (Fsp3) is 0.739. The zero-order chi connectivity index (χ0) is 22.3. The van der Waals surface area contributed by atoms with Gasteiger partial charge in [0.15, 0.2) is 0 Å². The van der Waals surface area contributed by atoms with E-state index in [2.05, 4.69) is 46.9 Å². The minimum absolute atomic E-state index is 0.225. The average molecular weight is 554 g/mol. The highest BCUT2D eigenvalue weighted by molar-refractivity contribution is 14.1. The van der Waals surface area contributed by atoms with Gasteiger partial charge in [-0.25, -0.2) is 4.57 Å².